The van der Waals surface area contributed by atoms with Gasteiger partial charge in [-0.05, 0) is 13.8 Å². The van der Waals surface area contributed by atoms with E-state index in [2.05, 4.69) is 4.74 Å². The van der Waals surface area contributed by atoms with Crippen LogP contribution in [0.15, 0.2) is 0 Å². The first kappa shape index (κ1) is 10.6. The predicted molar refractivity (Wildman–Crippen MR) is 45.0 cm³/mol. The van der Waals surface area contributed by atoms with Crippen LogP contribution in [0, 0.1) is 0 Å². The third-order valence-electron chi connectivity index (χ3n) is 1.76. The maximum absolute atomic E-state index is 13.4. The highest BCUT2D eigenvalue weighted by Crippen LogP contribution is 2.16. The monoisotopic (exact) mass is 178 g/mol. The number of carbonyl (C=O) groups excluding carboxylic acids is 1. The summed E-state index contributed by atoms with van der Waals surface area (Å²) < 4.78 is 18.0. The molecule has 0 heterocycles. The standard InChI is InChI=1S/C7H15FO2Si/c1-5-10-6(9)7(2,8)11(3)4/h11H,5H2,1-4H3. The van der Waals surface area contributed by atoms with Gasteiger partial charge in [-0.2, -0.15) is 0 Å². The molecule has 0 aliphatic carbocycles. The number of alkyl halides is 1. The molecule has 0 rings (SSSR count). The first-order valence-corrected chi connectivity index (χ1v) is 6.67. The van der Waals surface area contributed by atoms with Gasteiger partial charge >= 0.3 is 5.97 Å². The molecule has 1 unspecified atom stereocenters. The zero-order chi connectivity index (χ0) is 9.07. The molecule has 11 heavy (non-hydrogen) atoms. The SMILES string of the molecule is CCOC(=O)C(C)(F)[SiH](C)C. The van der Waals surface area contributed by atoms with Crippen molar-refractivity contribution in [1.29, 1.82) is 0 Å². The van der Waals surface area contributed by atoms with Gasteiger partial charge in [0.2, 0.25) is 0 Å². The molecule has 0 spiro atoms. The third kappa shape index (κ3) is 2.61. The van der Waals surface area contributed by atoms with Gasteiger partial charge in [0.25, 0.3) is 0 Å². The van der Waals surface area contributed by atoms with Crippen LogP contribution in [0.5, 0.6) is 0 Å². The number of hydrogen-bond acceptors (Lipinski definition) is 2. The summed E-state index contributed by atoms with van der Waals surface area (Å²) in [7, 11) is -1.61. The Morgan fingerprint density at radius 3 is 2.36 bits per heavy atom. The Kier molecular flexibility index (Phi) is 3.72. The summed E-state index contributed by atoms with van der Waals surface area (Å²) in [5.74, 6) is -0.707. The van der Waals surface area contributed by atoms with Crippen LogP contribution in [0.4, 0.5) is 4.39 Å². The first-order valence-electron chi connectivity index (χ1n) is 3.79. The minimum Gasteiger partial charge on any atom is -0.464 e. The van der Waals surface area contributed by atoms with Crippen molar-refractivity contribution in [3.05, 3.63) is 0 Å². The van der Waals surface area contributed by atoms with E-state index in [1.54, 1.807) is 20.0 Å². The van der Waals surface area contributed by atoms with Gasteiger partial charge in [-0.1, -0.05) is 13.1 Å². The van der Waals surface area contributed by atoms with Gasteiger partial charge in [0.15, 0.2) is 5.29 Å². The van der Waals surface area contributed by atoms with Crippen molar-refractivity contribution in [2.45, 2.75) is 32.2 Å². The molecule has 0 N–H and O–H groups in total. The average Bonchev–Trinajstić information content (AvgIpc) is 1.88. The topological polar surface area (TPSA) is 26.3 Å². The molecule has 0 aliphatic rings. The molecular weight excluding hydrogens is 163 g/mol. The zero-order valence-corrected chi connectivity index (χ0v) is 8.63. The lowest BCUT2D eigenvalue weighted by atomic mass is 10.4. The quantitative estimate of drug-likeness (QED) is 0.481. The van der Waals surface area contributed by atoms with E-state index in [1.165, 1.54) is 6.92 Å². The number of esters is 1. The van der Waals surface area contributed by atoms with E-state index in [4.69, 9.17) is 0 Å². The van der Waals surface area contributed by atoms with Crippen LogP contribution in [0.1, 0.15) is 13.8 Å². The fraction of sp³-hybridized carbons (Fsp3) is 0.857. The highest BCUT2D eigenvalue weighted by atomic mass is 28.3. The van der Waals surface area contributed by atoms with Gasteiger partial charge in [0.05, 0.1) is 15.4 Å². The van der Waals surface area contributed by atoms with Crippen LogP contribution < -0.4 is 0 Å². The molecule has 0 bridgehead atoms. The third-order valence-corrected chi connectivity index (χ3v) is 4.16. The van der Waals surface area contributed by atoms with Gasteiger partial charge in [-0.3, -0.25) is 0 Å². The Labute approximate surface area is 68.3 Å². The Morgan fingerprint density at radius 2 is 2.09 bits per heavy atom. The van der Waals surface area contributed by atoms with E-state index in [0.717, 1.165) is 0 Å². The molecule has 2 nitrogen and oxygen atoms in total. The largest absolute Gasteiger partial charge is 0.464 e. The minimum atomic E-state index is -1.71. The Morgan fingerprint density at radius 1 is 1.64 bits per heavy atom. The molecule has 66 valence electrons. The second kappa shape index (κ2) is 3.85. The molecule has 0 saturated heterocycles. The van der Waals surface area contributed by atoms with Crippen molar-refractivity contribution in [2.24, 2.45) is 0 Å². The molecular formula is C7H15FO2Si. The molecule has 0 aromatic rings. The highest BCUT2D eigenvalue weighted by Gasteiger charge is 2.38. The van der Waals surface area contributed by atoms with Crippen LogP contribution in [-0.4, -0.2) is 26.7 Å². The van der Waals surface area contributed by atoms with Gasteiger partial charge in [0, 0.05) is 0 Å². The molecule has 0 aromatic heterocycles. The van der Waals surface area contributed by atoms with Crippen molar-refractivity contribution >= 4 is 14.8 Å². The lowest BCUT2D eigenvalue weighted by Gasteiger charge is -2.20. The van der Waals surface area contributed by atoms with E-state index < -0.39 is 20.1 Å². The number of hydrogen-bond donors (Lipinski definition) is 0. The van der Waals surface area contributed by atoms with E-state index in [-0.39, 0.29) is 6.61 Å². The second-order valence-corrected chi connectivity index (χ2v) is 6.34. The molecule has 1 atom stereocenters. The molecule has 0 amide bonds. The average molecular weight is 178 g/mol. The van der Waals surface area contributed by atoms with Crippen LogP contribution in [0.2, 0.25) is 13.1 Å². The van der Waals surface area contributed by atoms with Crippen LogP contribution in [-0.2, 0) is 9.53 Å². The molecule has 0 aromatic carbocycles. The number of halogens is 1. The van der Waals surface area contributed by atoms with Gasteiger partial charge in [0.1, 0.15) is 0 Å². The van der Waals surface area contributed by atoms with Crippen molar-refractivity contribution < 1.29 is 13.9 Å². The number of ether oxygens (including phenoxy) is 1. The number of rotatable bonds is 3. The van der Waals surface area contributed by atoms with Gasteiger partial charge in [-0.25, -0.2) is 9.18 Å². The zero-order valence-electron chi connectivity index (χ0n) is 7.48. The molecule has 4 heteroatoms. The van der Waals surface area contributed by atoms with Crippen LogP contribution in [0.3, 0.4) is 0 Å². The van der Waals surface area contributed by atoms with E-state index in [0.29, 0.717) is 0 Å². The summed E-state index contributed by atoms with van der Waals surface area (Å²) in [5, 5.41) is -1.71. The smallest absolute Gasteiger partial charge is 0.339 e. The van der Waals surface area contributed by atoms with E-state index >= 15 is 0 Å². The maximum atomic E-state index is 13.4. The van der Waals surface area contributed by atoms with Crippen molar-refractivity contribution in [3.8, 4) is 0 Å². The lowest BCUT2D eigenvalue weighted by molar-refractivity contribution is -0.151. The summed E-state index contributed by atoms with van der Waals surface area (Å²) in [6.45, 7) is 6.81. The van der Waals surface area contributed by atoms with Crippen LogP contribution >= 0.6 is 0 Å². The normalized spacial score (nSPS) is 16.2. The van der Waals surface area contributed by atoms with Crippen molar-refractivity contribution in [2.75, 3.05) is 6.61 Å². The minimum absolute atomic E-state index is 0.249. The summed E-state index contributed by atoms with van der Waals surface area (Å²) in [5.41, 5.74) is 0. The molecule has 0 fully saturated rings. The maximum Gasteiger partial charge on any atom is 0.339 e. The van der Waals surface area contributed by atoms with Gasteiger partial charge < -0.3 is 4.74 Å². The van der Waals surface area contributed by atoms with Gasteiger partial charge in [-0.15, -0.1) is 0 Å². The number of carbonyl (C=O) groups is 1. The molecule has 0 aliphatic heterocycles. The summed E-state index contributed by atoms with van der Waals surface area (Å²) >= 11 is 0. The van der Waals surface area contributed by atoms with Crippen molar-refractivity contribution in [1.82, 2.24) is 0 Å². The Balaban J connectivity index is 4.18. The lowest BCUT2D eigenvalue weighted by Crippen LogP contribution is -2.43. The summed E-state index contributed by atoms with van der Waals surface area (Å²) in [6.07, 6.45) is 0. The molecule has 0 saturated carbocycles. The highest BCUT2D eigenvalue weighted by molar-refractivity contribution is 6.63. The fourth-order valence-corrected chi connectivity index (χ4v) is 1.06. The predicted octanol–water partition coefficient (Wildman–Crippen LogP) is 1.30. The fourth-order valence-electron chi connectivity index (χ4n) is 0.508. The second-order valence-electron chi connectivity index (χ2n) is 2.95. The van der Waals surface area contributed by atoms with E-state index in [1.807, 2.05) is 0 Å². The van der Waals surface area contributed by atoms with Crippen LogP contribution in [0.25, 0.3) is 0 Å². The van der Waals surface area contributed by atoms with Crippen molar-refractivity contribution in [3.63, 3.8) is 0 Å². The summed E-state index contributed by atoms with van der Waals surface area (Å²) in [4.78, 5) is 10.9. The Hall–Kier alpha value is -0.383. The molecule has 0 radical (unpaired) electrons. The Bertz CT molecular complexity index is 145. The van der Waals surface area contributed by atoms with E-state index in [9.17, 15) is 9.18 Å². The summed E-state index contributed by atoms with van der Waals surface area (Å²) in [6, 6.07) is 0. The first-order chi connectivity index (χ1) is 4.92.